The normalized spacial score (nSPS) is 14.3. The average molecular weight is 311 g/mol. The highest BCUT2D eigenvalue weighted by Crippen LogP contribution is 2.26. The molecule has 124 valence electrons. The van der Waals surface area contributed by atoms with Gasteiger partial charge in [0.05, 0.1) is 6.61 Å². The van der Waals surface area contributed by atoms with Gasteiger partial charge >= 0.3 is 6.09 Å². The first-order valence-corrected chi connectivity index (χ1v) is 7.52. The van der Waals surface area contributed by atoms with E-state index in [1.165, 1.54) is 12.1 Å². The molecule has 1 atom stereocenters. The predicted octanol–water partition coefficient (Wildman–Crippen LogP) is 3.28. The maximum Gasteiger partial charge on any atom is 0.407 e. The maximum atomic E-state index is 13.0. The third-order valence-electron chi connectivity index (χ3n) is 3.58. The fraction of sp³-hybridized carbons (Fsp3) is 0.588. The van der Waals surface area contributed by atoms with Gasteiger partial charge in [-0.1, -0.05) is 19.1 Å². The number of benzene rings is 1. The molecule has 1 rings (SSSR count). The molecule has 0 spiro atoms. The van der Waals surface area contributed by atoms with E-state index in [0.29, 0.717) is 19.4 Å². The number of ether oxygens (including phenoxy) is 1. The van der Waals surface area contributed by atoms with Crippen molar-refractivity contribution in [2.45, 2.75) is 46.1 Å². The van der Waals surface area contributed by atoms with E-state index in [1.54, 1.807) is 32.9 Å². The van der Waals surface area contributed by atoms with Crippen molar-refractivity contribution in [3.8, 4) is 0 Å². The monoisotopic (exact) mass is 311 g/mol. The lowest BCUT2D eigenvalue weighted by atomic mass is 9.80. The van der Waals surface area contributed by atoms with E-state index < -0.39 is 17.1 Å². The first-order chi connectivity index (χ1) is 10.2. The standard InChI is InChI=1S/C17H26FNO3/c1-5-17(12-20,10-13-6-8-14(18)9-7-13)11-19-15(21)22-16(2,3)4/h6-9,20H,5,10-12H2,1-4H3,(H,19,21). The van der Waals surface area contributed by atoms with Crippen LogP contribution in [-0.4, -0.2) is 30.0 Å². The van der Waals surface area contributed by atoms with Gasteiger partial charge in [0.25, 0.3) is 0 Å². The van der Waals surface area contributed by atoms with Crippen molar-refractivity contribution in [1.82, 2.24) is 5.32 Å². The second-order valence-electron chi connectivity index (χ2n) is 6.67. The summed E-state index contributed by atoms with van der Waals surface area (Å²) in [5.41, 5.74) is -0.132. The van der Waals surface area contributed by atoms with Crippen LogP contribution in [0, 0.1) is 11.2 Å². The van der Waals surface area contributed by atoms with Crippen LogP contribution in [-0.2, 0) is 11.2 Å². The first kappa shape index (κ1) is 18.4. The van der Waals surface area contributed by atoms with Gasteiger partial charge in [0, 0.05) is 12.0 Å². The number of alkyl carbamates (subject to hydrolysis) is 1. The van der Waals surface area contributed by atoms with Crippen molar-refractivity contribution in [3.05, 3.63) is 35.6 Å². The molecular weight excluding hydrogens is 285 g/mol. The van der Waals surface area contributed by atoms with E-state index in [-0.39, 0.29) is 12.4 Å². The smallest absolute Gasteiger partial charge is 0.407 e. The van der Waals surface area contributed by atoms with E-state index in [4.69, 9.17) is 4.74 Å². The first-order valence-electron chi connectivity index (χ1n) is 7.52. The van der Waals surface area contributed by atoms with Crippen LogP contribution in [0.2, 0.25) is 0 Å². The summed E-state index contributed by atoms with van der Waals surface area (Å²) in [4.78, 5) is 11.8. The minimum Gasteiger partial charge on any atom is -0.444 e. The fourth-order valence-corrected chi connectivity index (χ4v) is 2.15. The van der Waals surface area contributed by atoms with Gasteiger partial charge in [0.2, 0.25) is 0 Å². The molecule has 4 nitrogen and oxygen atoms in total. The molecule has 0 radical (unpaired) electrons. The Hall–Kier alpha value is -1.62. The number of aliphatic hydroxyl groups is 1. The lowest BCUT2D eigenvalue weighted by Gasteiger charge is -2.31. The van der Waals surface area contributed by atoms with Crippen LogP contribution in [0.1, 0.15) is 39.7 Å². The van der Waals surface area contributed by atoms with Gasteiger partial charge in [-0.15, -0.1) is 0 Å². The third kappa shape index (κ3) is 6.02. The number of hydrogen-bond acceptors (Lipinski definition) is 3. The molecule has 0 aliphatic heterocycles. The fourth-order valence-electron chi connectivity index (χ4n) is 2.15. The Balaban J connectivity index is 2.70. The van der Waals surface area contributed by atoms with Crippen LogP contribution in [0.3, 0.4) is 0 Å². The summed E-state index contributed by atoms with van der Waals surface area (Å²) >= 11 is 0. The summed E-state index contributed by atoms with van der Waals surface area (Å²) in [6.07, 6.45) is 0.727. The summed E-state index contributed by atoms with van der Waals surface area (Å²) in [6.45, 7) is 7.57. The molecule has 0 bridgehead atoms. The molecule has 5 heteroatoms. The Bertz CT molecular complexity index is 476. The molecule has 0 aliphatic carbocycles. The van der Waals surface area contributed by atoms with E-state index in [0.717, 1.165) is 5.56 Å². The topological polar surface area (TPSA) is 58.6 Å². The third-order valence-corrected chi connectivity index (χ3v) is 3.58. The zero-order valence-corrected chi connectivity index (χ0v) is 13.8. The second-order valence-corrected chi connectivity index (χ2v) is 6.67. The van der Waals surface area contributed by atoms with Crippen LogP contribution >= 0.6 is 0 Å². The molecule has 22 heavy (non-hydrogen) atoms. The molecule has 0 aromatic heterocycles. The zero-order chi connectivity index (χ0) is 16.8. The molecular formula is C17H26FNO3. The molecule has 1 unspecified atom stereocenters. The van der Waals surface area contributed by atoms with E-state index in [9.17, 15) is 14.3 Å². The lowest BCUT2D eigenvalue weighted by Crippen LogP contribution is -2.43. The van der Waals surface area contributed by atoms with Crippen LogP contribution in [0.5, 0.6) is 0 Å². The number of rotatable bonds is 6. The predicted molar refractivity (Wildman–Crippen MR) is 84.2 cm³/mol. The highest BCUT2D eigenvalue weighted by molar-refractivity contribution is 5.67. The SMILES string of the molecule is CCC(CO)(CNC(=O)OC(C)(C)C)Cc1ccc(F)cc1. The number of halogens is 1. The van der Waals surface area contributed by atoms with Crippen molar-refractivity contribution in [2.24, 2.45) is 5.41 Å². The van der Waals surface area contributed by atoms with Crippen molar-refractivity contribution in [1.29, 1.82) is 0 Å². The number of hydrogen-bond donors (Lipinski definition) is 2. The number of nitrogens with one attached hydrogen (secondary N) is 1. The second kappa shape index (κ2) is 7.58. The Labute approximate surface area is 131 Å². The number of amides is 1. The number of carbonyl (C=O) groups is 1. The number of carbonyl (C=O) groups excluding carboxylic acids is 1. The van der Waals surface area contributed by atoms with Crippen LogP contribution in [0.15, 0.2) is 24.3 Å². The van der Waals surface area contributed by atoms with Crippen molar-refractivity contribution in [2.75, 3.05) is 13.2 Å². The summed E-state index contributed by atoms with van der Waals surface area (Å²) in [5.74, 6) is -0.290. The lowest BCUT2D eigenvalue weighted by molar-refractivity contribution is 0.0461. The van der Waals surface area contributed by atoms with Crippen molar-refractivity contribution >= 4 is 6.09 Å². The minimum absolute atomic E-state index is 0.0727. The average Bonchev–Trinajstić information content (AvgIpc) is 2.44. The molecule has 0 saturated heterocycles. The molecule has 1 amide bonds. The maximum absolute atomic E-state index is 13.0. The summed E-state index contributed by atoms with van der Waals surface area (Å²) in [6, 6.07) is 6.19. The molecule has 0 aliphatic rings. The van der Waals surface area contributed by atoms with Gasteiger partial charge in [-0.3, -0.25) is 0 Å². The molecule has 1 aromatic rings. The quantitative estimate of drug-likeness (QED) is 0.847. The molecule has 0 saturated carbocycles. The highest BCUT2D eigenvalue weighted by atomic mass is 19.1. The zero-order valence-electron chi connectivity index (χ0n) is 13.8. The Kier molecular flexibility index (Phi) is 6.35. The van der Waals surface area contributed by atoms with Crippen LogP contribution in [0.4, 0.5) is 9.18 Å². The van der Waals surface area contributed by atoms with Crippen molar-refractivity contribution in [3.63, 3.8) is 0 Å². The molecule has 0 heterocycles. The number of aliphatic hydroxyl groups excluding tert-OH is 1. The van der Waals surface area contributed by atoms with E-state index >= 15 is 0 Å². The van der Waals surface area contributed by atoms with Gasteiger partial charge in [-0.2, -0.15) is 0 Å². The minimum atomic E-state index is -0.560. The van der Waals surface area contributed by atoms with Crippen LogP contribution < -0.4 is 5.32 Å². The van der Waals surface area contributed by atoms with Crippen LogP contribution in [0.25, 0.3) is 0 Å². The molecule has 0 fully saturated rings. The van der Waals surface area contributed by atoms with Gasteiger partial charge in [0.15, 0.2) is 0 Å². The van der Waals surface area contributed by atoms with Gasteiger partial charge in [-0.05, 0) is 51.3 Å². The Morgan fingerprint density at radius 1 is 1.27 bits per heavy atom. The van der Waals surface area contributed by atoms with Gasteiger partial charge in [-0.25, -0.2) is 9.18 Å². The summed E-state index contributed by atoms with van der Waals surface area (Å²) in [5, 5.41) is 12.5. The molecule has 2 N–H and O–H groups in total. The Morgan fingerprint density at radius 2 is 1.86 bits per heavy atom. The summed E-state index contributed by atoms with van der Waals surface area (Å²) in [7, 11) is 0. The Morgan fingerprint density at radius 3 is 2.32 bits per heavy atom. The molecule has 1 aromatic carbocycles. The highest BCUT2D eigenvalue weighted by Gasteiger charge is 2.29. The van der Waals surface area contributed by atoms with Gasteiger partial charge in [0.1, 0.15) is 11.4 Å². The summed E-state index contributed by atoms with van der Waals surface area (Å²) < 4.78 is 18.2. The van der Waals surface area contributed by atoms with E-state index in [2.05, 4.69) is 5.32 Å². The van der Waals surface area contributed by atoms with Crippen molar-refractivity contribution < 1.29 is 19.0 Å². The van der Waals surface area contributed by atoms with Gasteiger partial charge < -0.3 is 15.2 Å². The largest absolute Gasteiger partial charge is 0.444 e. The van der Waals surface area contributed by atoms with E-state index in [1.807, 2.05) is 6.92 Å².